The van der Waals surface area contributed by atoms with Gasteiger partial charge in [-0.3, -0.25) is 9.69 Å². The smallest absolute Gasteiger partial charge is 0.232 e. The summed E-state index contributed by atoms with van der Waals surface area (Å²) in [6, 6.07) is 15.5. The number of carbonyl (C=O) groups excluding carboxylic acids is 1. The SMILES string of the molecule is COc1ccc(CCN2COc3cc(C)c4c(c3C2)O/C(=C/c2ccc(OC)cc2OC)C4=O)cc1. The molecule has 7 heteroatoms. The van der Waals surface area contributed by atoms with Gasteiger partial charge in [0.1, 0.15) is 35.5 Å². The Kier molecular flexibility index (Phi) is 6.57. The summed E-state index contributed by atoms with van der Waals surface area (Å²) in [4.78, 5) is 15.6. The Morgan fingerprint density at radius 2 is 1.72 bits per heavy atom. The number of Topliss-reactive ketones (excluding diaryl/α,β-unsaturated/α-hetero) is 1. The molecular formula is C29H29NO6. The van der Waals surface area contributed by atoms with Crippen LogP contribution in [0.3, 0.4) is 0 Å². The van der Waals surface area contributed by atoms with Crippen molar-refractivity contribution < 1.29 is 28.5 Å². The van der Waals surface area contributed by atoms with E-state index in [1.165, 1.54) is 5.56 Å². The van der Waals surface area contributed by atoms with Gasteiger partial charge in [0.2, 0.25) is 5.78 Å². The average molecular weight is 488 g/mol. The summed E-state index contributed by atoms with van der Waals surface area (Å²) < 4.78 is 28.3. The summed E-state index contributed by atoms with van der Waals surface area (Å²) in [5.74, 6) is 3.59. The first-order valence-electron chi connectivity index (χ1n) is 11.8. The van der Waals surface area contributed by atoms with Crippen LogP contribution in [-0.2, 0) is 13.0 Å². The molecule has 0 bridgehead atoms. The van der Waals surface area contributed by atoms with Crippen molar-refractivity contribution in [2.45, 2.75) is 19.9 Å². The number of aryl methyl sites for hydroxylation is 1. The molecule has 0 N–H and O–H groups in total. The second-order valence-corrected chi connectivity index (χ2v) is 8.85. The van der Waals surface area contributed by atoms with Gasteiger partial charge in [-0.25, -0.2) is 0 Å². The quantitative estimate of drug-likeness (QED) is 0.433. The number of carbonyl (C=O) groups is 1. The van der Waals surface area contributed by atoms with E-state index in [0.717, 1.165) is 41.2 Å². The molecule has 0 amide bonds. The van der Waals surface area contributed by atoms with Gasteiger partial charge in [-0.05, 0) is 60.9 Å². The first-order chi connectivity index (χ1) is 17.5. The first kappa shape index (κ1) is 23.8. The minimum Gasteiger partial charge on any atom is -0.497 e. The summed E-state index contributed by atoms with van der Waals surface area (Å²) in [6.45, 7) is 3.85. The van der Waals surface area contributed by atoms with E-state index in [2.05, 4.69) is 17.0 Å². The molecule has 2 heterocycles. The molecule has 36 heavy (non-hydrogen) atoms. The Hall–Kier alpha value is -3.97. The molecule has 0 fully saturated rings. The van der Waals surface area contributed by atoms with Gasteiger partial charge in [0.05, 0.1) is 32.5 Å². The van der Waals surface area contributed by atoms with Gasteiger partial charge in [0.25, 0.3) is 0 Å². The van der Waals surface area contributed by atoms with Gasteiger partial charge < -0.3 is 23.7 Å². The fraction of sp³-hybridized carbons (Fsp3) is 0.276. The van der Waals surface area contributed by atoms with Crippen LogP contribution in [0.5, 0.6) is 28.7 Å². The van der Waals surface area contributed by atoms with E-state index in [4.69, 9.17) is 23.7 Å². The zero-order valence-electron chi connectivity index (χ0n) is 20.9. The number of nitrogens with zero attached hydrogens (tertiary/aromatic N) is 1. The van der Waals surface area contributed by atoms with Crippen molar-refractivity contribution in [3.8, 4) is 28.7 Å². The van der Waals surface area contributed by atoms with Gasteiger partial charge in [-0.2, -0.15) is 0 Å². The second kappa shape index (κ2) is 9.95. The summed E-state index contributed by atoms with van der Waals surface area (Å²) in [6.07, 6.45) is 2.59. The number of hydrogen-bond donors (Lipinski definition) is 0. The van der Waals surface area contributed by atoms with Crippen LogP contribution in [0, 0.1) is 6.92 Å². The first-order valence-corrected chi connectivity index (χ1v) is 11.8. The van der Waals surface area contributed by atoms with Crippen molar-refractivity contribution in [1.29, 1.82) is 0 Å². The fourth-order valence-electron chi connectivity index (χ4n) is 4.58. The van der Waals surface area contributed by atoms with E-state index in [0.29, 0.717) is 36.1 Å². The molecule has 0 saturated carbocycles. The van der Waals surface area contributed by atoms with E-state index in [9.17, 15) is 4.79 Å². The zero-order chi connectivity index (χ0) is 25.2. The van der Waals surface area contributed by atoms with E-state index < -0.39 is 0 Å². The minimum atomic E-state index is -0.140. The van der Waals surface area contributed by atoms with Gasteiger partial charge in [-0.1, -0.05) is 12.1 Å². The lowest BCUT2D eigenvalue weighted by Gasteiger charge is -2.30. The van der Waals surface area contributed by atoms with Gasteiger partial charge in [-0.15, -0.1) is 0 Å². The maximum absolute atomic E-state index is 13.4. The van der Waals surface area contributed by atoms with Crippen molar-refractivity contribution in [1.82, 2.24) is 4.90 Å². The highest BCUT2D eigenvalue weighted by molar-refractivity contribution is 6.16. The highest BCUT2D eigenvalue weighted by Gasteiger charge is 2.35. The van der Waals surface area contributed by atoms with Crippen LogP contribution in [0.1, 0.15) is 32.6 Å². The Balaban J connectivity index is 1.38. The van der Waals surface area contributed by atoms with E-state index in [1.54, 1.807) is 33.5 Å². The number of fused-ring (bicyclic) bond motifs is 3. The molecule has 0 aromatic heterocycles. The van der Waals surface area contributed by atoms with Crippen LogP contribution in [0.25, 0.3) is 6.08 Å². The van der Waals surface area contributed by atoms with Crippen molar-refractivity contribution in [3.05, 3.63) is 82.1 Å². The minimum absolute atomic E-state index is 0.140. The Morgan fingerprint density at radius 1 is 0.972 bits per heavy atom. The number of allylic oxidation sites excluding steroid dienone is 1. The number of rotatable bonds is 7. The number of ether oxygens (including phenoxy) is 5. The molecule has 0 spiro atoms. The van der Waals surface area contributed by atoms with Crippen molar-refractivity contribution in [2.75, 3.05) is 34.6 Å². The van der Waals surface area contributed by atoms with Crippen LogP contribution >= 0.6 is 0 Å². The molecule has 5 rings (SSSR count). The predicted octanol–water partition coefficient (Wildman–Crippen LogP) is 5.03. The van der Waals surface area contributed by atoms with Gasteiger partial charge in [0.15, 0.2) is 5.76 Å². The number of ketones is 1. The molecule has 0 atom stereocenters. The molecular weight excluding hydrogens is 458 g/mol. The Morgan fingerprint density at radius 3 is 2.44 bits per heavy atom. The third-order valence-corrected chi connectivity index (χ3v) is 6.59. The van der Waals surface area contributed by atoms with Crippen LogP contribution in [-0.4, -0.2) is 45.3 Å². The normalized spacial score (nSPS) is 15.7. The maximum atomic E-state index is 13.4. The van der Waals surface area contributed by atoms with Crippen LogP contribution in [0.2, 0.25) is 0 Å². The second-order valence-electron chi connectivity index (χ2n) is 8.85. The lowest BCUT2D eigenvalue weighted by molar-refractivity contribution is 0.0949. The summed E-state index contributed by atoms with van der Waals surface area (Å²) in [5, 5.41) is 0. The molecule has 3 aromatic carbocycles. The third-order valence-electron chi connectivity index (χ3n) is 6.59. The van der Waals surface area contributed by atoms with Crippen molar-refractivity contribution >= 4 is 11.9 Å². The van der Waals surface area contributed by atoms with Gasteiger partial charge in [0, 0.05) is 24.7 Å². The topological polar surface area (TPSA) is 66.5 Å². The average Bonchev–Trinajstić information content (AvgIpc) is 3.24. The fourth-order valence-corrected chi connectivity index (χ4v) is 4.58. The number of benzene rings is 3. The lowest BCUT2D eigenvalue weighted by Crippen LogP contribution is -2.33. The maximum Gasteiger partial charge on any atom is 0.232 e. The molecule has 186 valence electrons. The molecule has 3 aromatic rings. The summed E-state index contributed by atoms with van der Waals surface area (Å²) >= 11 is 0. The van der Waals surface area contributed by atoms with Crippen molar-refractivity contribution in [2.24, 2.45) is 0 Å². The molecule has 0 saturated heterocycles. The van der Waals surface area contributed by atoms with E-state index >= 15 is 0 Å². The predicted molar refractivity (Wildman–Crippen MR) is 136 cm³/mol. The number of hydrogen-bond acceptors (Lipinski definition) is 7. The van der Waals surface area contributed by atoms with Crippen molar-refractivity contribution in [3.63, 3.8) is 0 Å². The standard InChI is InChI=1S/C29H29NO6/c1-18-13-25-23(16-30(17-35-25)12-11-19-5-8-21(32-2)9-6-19)29-27(18)28(31)26(36-29)14-20-7-10-22(33-3)15-24(20)34-4/h5-10,13-15H,11-12,16-17H2,1-4H3/b26-14+. The zero-order valence-corrected chi connectivity index (χ0v) is 20.9. The third kappa shape index (κ3) is 4.50. The number of methoxy groups -OCH3 is 3. The summed E-state index contributed by atoms with van der Waals surface area (Å²) in [5.41, 5.74) is 4.29. The van der Waals surface area contributed by atoms with Gasteiger partial charge >= 0.3 is 0 Å². The van der Waals surface area contributed by atoms with E-state index in [1.807, 2.05) is 37.3 Å². The highest BCUT2D eigenvalue weighted by atomic mass is 16.5. The van der Waals surface area contributed by atoms with Crippen LogP contribution in [0.4, 0.5) is 0 Å². The van der Waals surface area contributed by atoms with Crippen LogP contribution in [0.15, 0.2) is 54.3 Å². The molecule has 2 aliphatic rings. The highest BCUT2D eigenvalue weighted by Crippen LogP contribution is 2.44. The monoisotopic (exact) mass is 487 g/mol. The van der Waals surface area contributed by atoms with E-state index in [-0.39, 0.29) is 11.5 Å². The molecule has 0 radical (unpaired) electrons. The summed E-state index contributed by atoms with van der Waals surface area (Å²) in [7, 11) is 4.85. The lowest BCUT2D eigenvalue weighted by atomic mass is 9.98. The molecule has 7 nitrogen and oxygen atoms in total. The molecule has 0 aliphatic carbocycles. The largest absolute Gasteiger partial charge is 0.497 e. The van der Waals surface area contributed by atoms with Crippen LogP contribution < -0.4 is 23.7 Å². The Bertz CT molecular complexity index is 1330. The Labute approximate surface area is 210 Å². The molecule has 2 aliphatic heterocycles. The molecule has 0 unspecified atom stereocenters.